The average Bonchev–Trinajstić information content (AvgIpc) is 2.85. The normalized spacial score (nSPS) is 14.5. The molecular formula is C27H22F8N2O2. The molecule has 2 N–H and O–H groups in total. The number of ether oxygens (including phenoxy) is 1. The molecule has 0 aromatic heterocycles. The van der Waals surface area contributed by atoms with E-state index in [0.717, 1.165) is 12.1 Å². The molecule has 0 aliphatic heterocycles. The average molecular weight is 558 g/mol. The topological polar surface area (TPSA) is 65.3 Å². The Bertz CT molecular complexity index is 1280. The number of aliphatic hydroxyl groups is 1. The predicted molar refractivity (Wildman–Crippen MR) is 125 cm³/mol. The van der Waals surface area contributed by atoms with Crippen molar-refractivity contribution in [2.24, 2.45) is 0 Å². The fraction of sp³-hybridized carbons (Fsp3) is 0.296. The Morgan fingerprint density at radius 2 is 1.54 bits per heavy atom. The maximum absolute atomic E-state index is 14.7. The van der Waals surface area contributed by atoms with E-state index in [1.54, 1.807) is 30.3 Å². The van der Waals surface area contributed by atoms with Crippen molar-refractivity contribution in [3.8, 4) is 11.8 Å². The zero-order valence-electron chi connectivity index (χ0n) is 20.0. The van der Waals surface area contributed by atoms with Gasteiger partial charge in [0.2, 0.25) is 0 Å². The van der Waals surface area contributed by atoms with Gasteiger partial charge in [-0.3, -0.25) is 0 Å². The molecule has 208 valence electrons. The third-order valence-corrected chi connectivity index (χ3v) is 5.80. The minimum atomic E-state index is -4.96. The zero-order valence-corrected chi connectivity index (χ0v) is 20.0. The molecule has 0 saturated carbocycles. The maximum Gasteiger partial charge on any atom is 0.461 e. The Morgan fingerprint density at radius 3 is 2.10 bits per heavy atom. The number of alkyl halides is 7. The second-order valence-electron chi connectivity index (χ2n) is 8.75. The Balaban J connectivity index is 2.21. The Hall–Kier alpha value is -3.69. The molecule has 0 amide bonds. The van der Waals surface area contributed by atoms with Crippen LogP contribution in [0.2, 0.25) is 0 Å². The quantitative estimate of drug-likeness (QED) is 0.270. The van der Waals surface area contributed by atoms with Gasteiger partial charge in [0, 0.05) is 12.6 Å². The second kappa shape index (κ2) is 12.0. The van der Waals surface area contributed by atoms with Crippen LogP contribution in [-0.2, 0) is 12.0 Å². The van der Waals surface area contributed by atoms with Crippen LogP contribution in [0, 0.1) is 17.1 Å². The van der Waals surface area contributed by atoms with E-state index in [-0.39, 0.29) is 23.1 Å². The summed E-state index contributed by atoms with van der Waals surface area (Å²) >= 11 is 0. The summed E-state index contributed by atoms with van der Waals surface area (Å²) in [5.41, 5.74) is -0.854. The molecule has 0 bridgehead atoms. The van der Waals surface area contributed by atoms with Crippen LogP contribution in [0.15, 0.2) is 72.8 Å². The van der Waals surface area contributed by atoms with Gasteiger partial charge in [-0.05, 0) is 47.4 Å². The molecule has 2 atom stereocenters. The van der Waals surface area contributed by atoms with E-state index >= 15 is 0 Å². The lowest BCUT2D eigenvalue weighted by atomic mass is 9.77. The van der Waals surface area contributed by atoms with E-state index in [2.05, 4.69) is 10.1 Å². The van der Waals surface area contributed by atoms with Gasteiger partial charge < -0.3 is 15.2 Å². The number of benzene rings is 3. The van der Waals surface area contributed by atoms with E-state index < -0.39 is 54.9 Å². The summed E-state index contributed by atoms with van der Waals surface area (Å²) in [6.07, 6.45) is -17.5. The third-order valence-electron chi connectivity index (χ3n) is 5.80. The molecule has 0 spiro atoms. The number of nitrogens with one attached hydrogen (secondary N) is 1. The van der Waals surface area contributed by atoms with Crippen LogP contribution >= 0.6 is 0 Å². The van der Waals surface area contributed by atoms with Crippen LogP contribution in [0.25, 0.3) is 0 Å². The van der Waals surface area contributed by atoms with Gasteiger partial charge in [-0.15, -0.1) is 0 Å². The number of nitrogens with zero attached hydrogens (tertiary/aromatic N) is 1. The van der Waals surface area contributed by atoms with E-state index in [0.29, 0.717) is 11.6 Å². The second-order valence-corrected chi connectivity index (χ2v) is 8.75. The lowest BCUT2D eigenvalue weighted by molar-refractivity contribution is -0.253. The van der Waals surface area contributed by atoms with Gasteiger partial charge in [-0.1, -0.05) is 42.5 Å². The fourth-order valence-corrected chi connectivity index (χ4v) is 4.07. The van der Waals surface area contributed by atoms with Gasteiger partial charge in [0.25, 0.3) is 0 Å². The number of hydrogen-bond donors (Lipinski definition) is 2. The molecule has 0 aliphatic rings. The summed E-state index contributed by atoms with van der Waals surface area (Å²) < 4.78 is 110. The molecule has 0 fully saturated rings. The first-order valence-corrected chi connectivity index (χ1v) is 11.4. The van der Waals surface area contributed by atoms with Gasteiger partial charge in [0.05, 0.1) is 29.7 Å². The highest BCUT2D eigenvalue weighted by molar-refractivity contribution is 5.46. The Morgan fingerprint density at radius 1 is 0.897 bits per heavy atom. The number of hydrogen-bond acceptors (Lipinski definition) is 4. The smallest absolute Gasteiger partial charge is 0.428 e. The first kappa shape index (κ1) is 29.9. The largest absolute Gasteiger partial charge is 0.461 e. The molecule has 4 nitrogen and oxygen atoms in total. The van der Waals surface area contributed by atoms with Crippen LogP contribution in [0.3, 0.4) is 0 Å². The highest BCUT2D eigenvalue weighted by Crippen LogP contribution is 2.38. The van der Waals surface area contributed by atoms with Gasteiger partial charge in [0.1, 0.15) is 11.6 Å². The number of rotatable bonds is 11. The predicted octanol–water partition coefficient (Wildman–Crippen LogP) is 6.32. The first-order valence-electron chi connectivity index (χ1n) is 11.4. The van der Waals surface area contributed by atoms with Gasteiger partial charge in [-0.2, -0.15) is 36.0 Å². The summed E-state index contributed by atoms with van der Waals surface area (Å²) in [5.74, 6) is -2.12. The van der Waals surface area contributed by atoms with Gasteiger partial charge in [0.15, 0.2) is 0 Å². The molecular weight excluding hydrogens is 536 g/mol. The van der Waals surface area contributed by atoms with E-state index in [9.17, 15) is 45.5 Å². The monoisotopic (exact) mass is 558 g/mol. The fourth-order valence-electron chi connectivity index (χ4n) is 4.07. The number of aliphatic hydroxyl groups excluding tert-OH is 1. The molecule has 1 unspecified atom stereocenters. The summed E-state index contributed by atoms with van der Waals surface area (Å²) in [6, 6.07) is 18.0. The van der Waals surface area contributed by atoms with Crippen molar-refractivity contribution in [1.82, 2.24) is 5.32 Å². The molecule has 3 aromatic carbocycles. The summed E-state index contributed by atoms with van der Waals surface area (Å²) in [5, 5.41) is 22.1. The minimum Gasteiger partial charge on any atom is -0.428 e. The van der Waals surface area contributed by atoms with Crippen molar-refractivity contribution in [1.29, 1.82) is 5.26 Å². The molecule has 12 heteroatoms. The highest BCUT2D eigenvalue weighted by atomic mass is 19.4. The first-order chi connectivity index (χ1) is 18.2. The summed E-state index contributed by atoms with van der Waals surface area (Å²) in [6.45, 7) is -0.688. The van der Waals surface area contributed by atoms with Crippen molar-refractivity contribution in [2.45, 2.75) is 43.2 Å². The van der Waals surface area contributed by atoms with Gasteiger partial charge in [-0.25, -0.2) is 4.39 Å². The molecule has 0 radical (unpaired) electrons. The zero-order chi connectivity index (χ0) is 28.8. The third kappa shape index (κ3) is 7.91. The van der Waals surface area contributed by atoms with E-state index in [1.807, 2.05) is 6.07 Å². The molecule has 3 aromatic rings. The van der Waals surface area contributed by atoms with Crippen molar-refractivity contribution in [3.05, 3.63) is 101 Å². The van der Waals surface area contributed by atoms with E-state index in [4.69, 9.17) is 0 Å². The molecule has 3 rings (SSSR count). The molecule has 0 heterocycles. The molecule has 0 aliphatic carbocycles. The standard InChI is InChI=1S/C27H22F8N2O2/c28-21-10-20(11-23(12-21)39-27(34,35)24(29)30)25(13-17-4-2-1-3-5-17,19-8-6-18(15-36)7-9-19)37-16-22(38)14-26(31,32)33/h1-12,22,24,37-38H,13-14,16H2/t22?,25-/m1/s1. The minimum absolute atomic E-state index is 0.118. The van der Waals surface area contributed by atoms with Crippen molar-refractivity contribution in [2.75, 3.05) is 6.54 Å². The number of nitriles is 1. The Kier molecular flexibility index (Phi) is 9.19. The van der Waals surface area contributed by atoms with Crippen LogP contribution in [0.5, 0.6) is 5.75 Å². The lowest BCUT2D eigenvalue weighted by Crippen LogP contribution is -2.49. The van der Waals surface area contributed by atoms with Crippen molar-refractivity contribution in [3.63, 3.8) is 0 Å². The van der Waals surface area contributed by atoms with Crippen LogP contribution in [0.4, 0.5) is 35.1 Å². The summed E-state index contributed by atoms with van der Waals surface area (Å²) in [7, 11) is 0. The Labute approximate surface area is 218 Å². The van der Waals surface area contributed by atoms with Crippen molar-refractivity contribution >= 4 is 0 Å². The molecule has 39 heavy (non-hydrogen) atoms. The number of halogens is 8. The van der Waals surface area contributed by atoms with Crippen LogP contribution in [0.1, 0.15) is 28.7 Å². The molecule has 0 saturated heterocycles. The SMILES string of the molecule is N#Cc1ccc([C@@](Cc2ccccc2)(NCC(O)CC(F)(F)F)c2cc(F)cc(OC(F)(F)C(F)F)c2)cc1. The van der Waals surface area contributed by atoms with Crippen molar-refractivity contribution < 1.29 is 45.0 Å². The lowest BCUT2D eigenvalue weighted by Gasteiger charge is -2.38. The van der Waals surface area contributed by atoms with Crippen LogP contribution in [-0.4, -0.2) is 36.5 Å². The summed E-state index contributed by atoms with van der Waals surface area (Å²) in [4.78, 5) is 0. The van der Waals surface area contributed by atoms with E-state index in [1.165, 1.54) is 24.3 Å². The maximum atomic E-state index is 14.7. The van der Waals surface area contributed by atoms with Crippen LogP contribution < -0.4 is 10.1 Å². The highest BCUT2D eigenvalue weighted by Gasteiger charge is 2.45. The van der Waals surface area contributed by atoms with Gasteiger partial charge >= 0.3 is 18.7 Å².